The van der Waals surface area contributed by atoms with Crippen molar-refractivity contribution in [3.63, 3.8) is 0 Å². The lowest BCUT2D eigenvalue weighted by atomic mass is 10.0. The highest BCUT2D eigenvalue weighted by Gasteiger charge is 2.20. The van der Waals surface area contributed by atoms with Gasteiger partial charge in [-0.15, -0.1) is 0 Å². The fourth-order valence-corrected chi connectivity index (χ4v) is 3.19. The Morgan fingerprint density at radius 2 is 1.85 bits per heavy atom. The second-order valence-corrected chi connectivity index (χ2v) is 6.49. The highest BCUT2D eigenvalue weighted by atomic mass is 16.5. The summed E-state index contributed by atoms with van der Waals surface area (Å²) in [5.74, 6) is -0.859. The van der Waals surface area contributed by atoms with Crippen molar-refractivity contribution in [3.05, 3.63) is 58.4 Å². The van der Waals surface area contributed by atoms with Gasteiger partial charge in [-0.3, -0.25) is 4.98 Å². The van der Waals surface area contributed by atoms with Gasteiger partial charge in [0.25, 0.3) is 0 Å². The first-order valence-electron chi connectivity index (χ1n) is 9.23. The summed E-state index contributed by atoms with van der Waals surface area (Å²) in [5, 5.41) is 8.96. The fourth-order valence-electron chi connectivity index (χ4n) is 3.19. The number of rotatable bonds is 6. The molecule has 1 aromatic heterocycles. The Morgan fingerprint density at radius 1 is 1.11 bits per heavy atom. The average Bonchev–Trinajstić information content (AvgIpc) is 2.90. The van der Waals surface area contributed by atoms with Gasteiger partial charge in [-0.1, -0.05) is 6.42 Å². The van der Waals surface area contributed by atoms with Crippen molar-refractivity contribution in [1.29, 1.82) is 0 Å². The number of pyridine rings is 1. The van der Waals surface area contributed by atoms with E-state index in [-0.39, 0.29) is 12.2 Å². The van der Waals surface area contributed by atoms with Crippen LogP contribution in [-0.2, 0) is 24.2 Å². The zero-order valence-electron chi connectivity index (χ0n) is 15.4. The zero-order valence-corrected chi connectivity index (χ0v) is 15.4. The van der Waals surface area contributed by atoms with E-state index in [1.165, 1.54) is 12.1 Å². The number of aromatic nitrogens is 1. The molecule has 0 radical (unpaired) electrons. The summed E-state index contributed by atoms with van der Waals surface area (Å²) in [7, 11) is 0. The Hall–Kier alpha value is -2.89. The monoisotopic (exact) mass is 369 g/mol. The molecule has 1 heterocycles. The molecule has 0 spiro atoms. The molecule has 6 nitrogen and oxygen atoms in total. The molecule has 0 aliphatic heterocycles. The van der Waals surface area contributed by atoms with Crippen LogP contribution < -0.4 is 4.74 Å². The molecule has 142 valence electrons. The molecule has 1 N–H and O–H groups in total. The smallest absolute Gasteiger partial charge is 0.340 e. The third kappa shape index (κ3) is 4.64. The molecule has 0 amide bonds. The van der Waals surface area contributed by atoms with Crippen molar-refractivity contribution in [2.24, 2.45) is 0 Å². The van der Waals surface area contributed by atoms with E-state index >= 15 is 0 Å². The van der Waals surface area contributed by atoms with Crippen molar-refractivity contribution in [2.45, 2.75) is 45.6 Å². The molecule has 1 aliphatic carbocycles. The lowest BCUT2D eigenvalue weighted by Gasteiger charge is -2.14. The summed E-state index contributed by atoms with van der Waals surface area (Å²) >= 11 is 0. The Labute approximate surface area is 158 Å². The van der Waals surface area contributed by atoms with E-state index in [0.29, 0.717) is 23.6 Å². The summed E-state index contributed by atoms with van der Waals surface area (Å²) in [6, 6.07) is 8.05. The minimum absolute atomic E-state index is 0.119. The van der Waals surface area contributed by atoms with Crippen molar-refractivity contribution >= 4 is 11.9 Å². The van der Waals surface area contributed by atoms with Crippen LogP contribution in [0, 0.1) is 0 Å². The number of ether oxygens (including phenoxy) is 2. The lowest BCUT2D eigenvalue weighted by Crippen LogP contribution is -2.14. The molecule has 0 saturated carbocycles. The SMILES string of the molecule is CCOC(=O)c1cc2c(nc1COc1ccc(C(=O)O)cc1)CCCCC2. The van der Waals surface area contributed by atoms with Crippen molar-refractivity contribution < 1.29 is 24.2 Å². The number of esters is 1. The lowest BCUT2D eigenvalue weighted by molar-refractivity contribution is 0.0521. The molecule has 2 aromatic rings. The van der Waals surface area contributed by atoms with Crippen LogP contribution in [0.5, 0.6) is 5.75 Å². The summed E-state index contributed by atoms with van der Waals surface area (Å²) < 4.78 is 10.9. The highest BCUT2D eigenvalue weighted by molar-refractivity contribution is 5.91. The van der Waals surface area contributed by atoms with E-state index < -0.39 is 11.9 Å². The number of aryl methyl sites for hydroxylation is 2. The van der Waals surface area contributed by atoms with E-state index in [2.05, 4.69) is 0 Å². The van der Waals surface area contributed by atoms with Gasteiger partial charge in [0.1, 0.15) is 12.4 Å². The number of aromatic carboxylic acids is 1. The molecule has 0 atom stereocenters. The van der Waals surface area contributed by atoms with E-state index in [9.17, 15) is 9.59 Å². The molecule has 3 rings (SSSR count). The molecule has 1 aliphatic rings. The van der Waals surface area contributed by atoms with Crippen LogP contribution >= 0.6 is 0 Å². The predicted molar refractivity (Wildman–Crippen MR) is 99.2 cm³/mol. The number of carboxylic acids is 1. The molecule has 0 fully saturated rings. The maximum absolute atomic E-state index is 12.4. The third-order valence-corrected chi connectivity index (χ3v) is 4.60. The van der Waals surface area contributed by atoms with Crippen LogP contribution in [0.15, 0.2) is 30.3 Å². The van der Waals surface area contributed by atoms with Crippen molar-refractivity contribution in [3.8, 4) is 5.75 Å². The molecule has 0 bridgehead atoms. The number of carbonyl (C=O) groups excluding carboxylic acids is 1. The third-order valence-electron chi connectivity index (χ3n) is 4.60. The van der Waals surface area contributed by atoms with Gasteiger partial charge in [0.2, 0.25) is 0 Å². The largest absolute Gasteiger partial charge is 0.487 e. The number of benzene rings is 1. The number of hydrogen-bond acceptors (Lipinski definition) is 5. The standard InChI is InChI=1S/C21H23NO5/c1-2-26-21(25)17-12-15-6-4-3-5-7-18(15)22-19(17)13-27-16-10-8-14(9-11-16)20(23)24/h8-12H,2-7,13H2,1H3,(H,23,24). The summed E-state index contributed by atoms with van der Waals surface area (Å²) in [6.07, 6.45) is 5.18. The number of nitrogens with zero attached hydrogens (tertiary/aromatic N) is 1. The maximum Gasteiger partial charge on any atom is 0.340 e. The van der Waals surface area contributed by atoms with Crippen LogP contribution in [0.2, 0.25) is 0 Å². The van der Waals surface area contributed by atoms with Gasteiger partial charge in [-0.25, -0.2) is 9.59 Å². The first-order valence-corrected chi connectivity index (χ1v) is 9.23. The second kappa shape index (κ2) is 8.66. The number of carbonyl (C=O) groups is 2. The van der Waals surface area contributed by atoms with Crippen LogP contribution in [-0.4, -0.2) is 28.6 Å². The molecule has 0 saturated heterocycles. The first kappa shape index (κ1) is 18.9. The fraction of sp³-hybridized carbons (Fsp3) is 0.381. The minimum Gasteiger partial charge on any atom is -0.487 e. The van der Waals surface area contributed by atoms with Gasteiger partial charge in [-0.2, -0.15) is 0 Å². The summed E-state index contributed by atoms with van der Waals surface area (Å²) in [6.45, 7) is 2.19. The summed E-state index contributed by atoms with van der Waals surface area (Å²) in [5.41, 5.74) is 3.33. The minimum atomic E-state index is -0.987. The molecule has 6 heteroatoms. The summed E-state index contributed by atoms with van der Waals surface area (Å²) in [4.78, 5) is 28.0. The zero-order chi connectivity index (χ0) is 19.2. The highest BCUT2D eigenvalue weighted by Crippen LogP contribution is 2.24. The Kier molecular flexibility index (Phi) is 6.06. The normalized spacial score (nSPS) is 13.4. The Morgan fingerprint density at radius 3 is 2.56 bits per heavy atom. The molecular weight excluding hydrogens is 346 g/mol. The van der Waals surface area contributed by atoms with Crippen molar-refractivity contribution in [1.82, 2.24) is 4.98 Å². The van der Waals surface area contributed by atoms with E-state index in [1.54, 1.807) is 19.1 Å². The number of carboxylic acid groups (broad SMARTS) is 1. The maximum atomic E-state index is 12.4. The van der Waals surface area contributed by atoms with Gasteiger partial charge in [-0.05, 0) is 68.5 Å². The molecular formula is C21H23NO5. The molecule has 0 unspecified atom stereocenters. The van der Waals surface area contributed by atoms with Gasteiger partial charge in [0, 0.05) is 5.69 Å². The van der Waals surface area contributed by atoms with Gasteiger partial charge < -0.3 is 14.6 Å². The Balaban J connectivity index is 1.84. The van der Waals surface area contributed by atoms with Crippen molar-refractivity contribution in [2.75, 3.05) is 6.61 Å². The average molecular weight is 369 g/mol. The number of fused-ring (bicyclic) bond motifs is 1. The van der Waals surface area contributed by atoms with Gasteiger partial charge >= 0.3 is 11.9 Å². The second-order valence-electron chi connectivity index (χ2n) is 6.49. The van der Waals surface area contributed by atoms with E-state index in [1.807, 2.05) is 6.07 Å². The van der Waals surface area contributed by atoms with Crippen LogP contribution in [0.4, 0.5) is 0 Å². The predicted octanol–water partition coefficient (Wildman–Crippen LogP) is 3.80. The van der Waals surface area contributed by atoms with E-state index in [4.69, 9.17) is 19.6 Å². The molecule has 27 heavy (non-hydrogen) atoms. The first-order chi connectivity index (χ1) is 13.1. The van der Waals surface area contributed by atoms with Crippen LogP contribution in [0.1, 0.15) is 63.9 Å². The van der Waals surface area contributed by atoms with Gasteiger partial charge in [0.15, 0.2) is 0 Å². The topological polar surface area (TPSA) is 85.7 Å². The van der Waals surface area contributed by atoms with E-state index in [0.717, 1.165) is 43.4 Å². The van der Waals surface area contributed by atoms with Gasteiger partial charge in [0.05, 0.1) is 23.4 Å². The van der Waals surface area contributed by atoms with Crippen LogP contribution in [0.3, 0.4) is 0 Å². The van der Waals surface area contributed by atoms with Crippen LogP contribution in [0.25, 0.3) is 0 Å². The Bertz CT molecular complexity index is 829. The number of hydrogen-bond donors (Lipinski definition) is 1. The molecule has 1 aromatic carbocycles. The quantitative estimate of drug-likeness (QED) is 0.616.